The van der Waals surface area contributed by atoms with Crippen molar-refractivity contribution in [3.05, 3.63) is 78.3 Å². The Hall–Kier alpha value is -2.42. The molecule has 0 fully saturated rings. The van der Waals surface area contributed by atoms with Crippen molar-refractivity contribution >= 4 is 11.4 Å². The summed E-state index contributed by atoms with van der Waals surface area (Å²) >= 11 is 0. The van der Waals surface area contributed by atoms with Crippen LogP contribution in [-0.2, 0) is 0 Å². The second-order valence-corrected chi connectivity index (χ2v) is 5.67. The molecule has 0 amide bonds. The van der Waals surface area contributed by atoms with E-state index in [9.17, 15) is 4.39 Å². The van der Waals surface area contributed by atoms with E-state index >= 15 is 0 Å². The quantitative estimate of drug-likeness (QED) is 0.785. The number of nitrogens with zero attached hydrogens (tertiary/aromatic N) is 2. The summed E-state index contributed by atoms with van der Waals surface area (Å²) in [5.41, 5.74) is 2.79. The fraction of sp³-hybridized carbons (Fsp3) is 0.167. The van der Waals surface area contributed by atoms with Gasteiger partial charge in [0, 0.05) is 11.6 Å². The Morgan fingerprint density at radius 3 is 2.29 bits per heavy atom. The summed E-state index contributed by atoms with van der Waals surface area (Å²) in [7, 11) is 0. The molecular formula is C18H17FN2. The van der Waals surface area contributed by atoms with Crippen LogP contribution in [0.5, 0.6) is 0 Å². The second-order valence-electron chi connectivity index (χ2n) is 5.67. The van der Waals surface area contributed by atoms with Crippen molar-refractivity contribution in [3.63, 3.8) is 0 Å². The lowest BCUT2D eigenvalue weighted by atomic mass is 9.83. The molecule has 0 saturated heterocycles. The molecule has 0 aromatic heterocycles. The molecule has 0 saturated carbocycles. The molecule has 1 aliphatic rings. The molecule has 3 heteroatoms. The first-order chi connectivity index (χ1) is 10.1. The molecule has 0 N–H and O–H groups in total. The first kappa shape index (κ1) is 13.6. The largest absolute Gasteiger partial charge is 0.241 e. The summed E-state index contributed by atoms with van der Waals surface area (Å²) in [6, 6.07) is 16.5. The van der Waals surface area contributed by atoms with E-state index in [1.807, 2.05) is 24.4 Å². The van der Waals surface area contributed by atoms with Crippen LogP contribution in [0, 0.1) is 11.2 Å². The van der Waals surface area contributed by atoms with Gasteiger partial charge in [-0.25, -0.2) is 9.40 Å². The smallest absolute Gasteiger partial charge is 0.123 e. The molecular weight excluding hydrogens is 263 g/mol. The normalized spacial score (nSPS) is 16.7. The van der Waals surface area contributed by atoms with Crippen LogP contribution in [0.1, 0.15) is 19.4 Å². The van der Waals surface area contributed by atoms with Gasteiger partial charge in [0.05, 0.1) is 11.4 Å². The van der Waals surface area contributed by atoms with Crippen molar-refractivity contribution in [3.8, 4) is 0 Å². The van der Waals surface area contributed by atoms with E-state index in [2.05, 4.69) is 32.1 Å². The maximum atomic E-state index is 13.0. The highest BCUT2D eigenvalue weighted by Crippen LogP contribution is 2.30. The highest BCUT2D eigenvalue weighted by Gasteiger charge is 2.27. The van der Waals surface area contributed by atoms with Crippen LogP contribution in [0.3, 0.4) is 0 Å². The van der Waals surface area contributed by atoms with Crippen molar-refractivity contribution in [2.24, 2.45) is 10.5 Å². The highest BCUT2D eigenvalue weighted by atomic mass is 19.1. The molecule has 3 rings (SSSR count). The fourth-order valence-corrected chi connectivity index (χ4v) is 2.37. The van der Waals surface area contributed by atoms with Crippen LogP contribution in [0.4, 0.5) is 10.1 Å². The van der Waals surface area contributed by atoms with Gasteiger partial charge in [-0.05, 0) is 29.8 Å². The molecule has 0 unspecified atom stereocenters. The molecule has 0 spiro atoms. The summed E-state index contributed by atoms with van der Waals surface area (Å²) in [6.07, 6.45) is 4.05. The molecule has 2 aromatic rings. The number of hydrogen-bond donors (Lipinski definition) is 0. The van der Waals surface area contributed by atoms with Crippen LogP contribution in [0.25, 0.3) is 0 Å². The van der Waals surface area contributed by atoms with E-state index in [-0.39, 0.29) is 11.2 Å². The molecule has 0 atom stereocenters. The maximum absolute atomic E-state index is 13.0. The third kappa shape index (κ3) is 2.72. The van der Waals surface area contributed by atoms with Gasteiger partial charge >= 0.3 is 0 Å². The van der Waals surface area contributed by atoms with Crippen LogP contribution in [0.2, 0.25) is 0 Å². The lowest BCUT2D eigenvalue weighted by Crippen LogP contribution is -2.30. The minimum absolute atomic E-state index is 0.141. The molecule has 0 bridgehead atoms. The number of halogens is 1. The Morgan fingerprint density at radius 2 is 1.62 bits per heavy atom. The molecule has 21 heavy (non-hydrogen) atoms. The van der Waals surface area contributed by atoms with Crippen LogP contribution in [-0.4, -0.2) is 5.71 Å². The Morgan fingerprint density at radius 1 is 0.952 bits per heavy atom. The molecule has 0 aliphatic carbocycles. The zero-order chi connectivity index (χ0) is 14.9. The predicted octanol–water partition coefficient (Wildman–Crippen LogP) is 4.59. The van der Waals surface area contributed by atoms with Crippen molar-refractivity contribution in [1.29, 1.82) is 0 Å². The van der Waals surface area contributed by atoms with E-state index in [0.29, 0.717) is 0 Å². The molecule has 2 aromatic carbocycles. The van der Waals surface area contributed by atoms with Gasteiger partial charge in [-0.3, -0.25) is 0 Å². The summed E-state index contributed by atoms with van der Waals surface area (Å²) in [5.74, 6) is -0.243. The summed E-state index contributed by atoms with van der Waals surface area (Å²) in [4.78, 5) is 0. The van der Waals surface area contributed by atoms with Gasteiger partial charge in [0.15, 0.2) is 0 Å². The van der Waals surface area contributed by atoms with Crippen LogP contribution in [0.15, 0.2) is 72.0 Å². The predicted molar refractivity (Wildman–Crippen MR) is 84.8 cm³/mol. The van der Waals surface area contributed by atoms with Crippen LogP contribution < -0.4 is 5.01 Å². The third-order valence-electron chi connectivity index (χ3n) is 3.59. The van der Waals surface area contributed by atoms with Crippen molar-refractivity contribution in [2.75, 3.05) is 5.01 Å². The van der Waals surface area contributed by atoms with Gasteiger partial charge < -0.3 is 0 Å². The first-order valence-corrected chi connectivity index (χ1v) is 6.95. The lowest BCUT2D eigenvalue weighted by molar-refractivity contribution is 0.627. The molecule has 1 heterocycles. The maximum Gasteiger partial charge on any atom is 0.123 e. The third-order valence-corrected chi connectivity index (χ3v) is 3.59. The number of rotatable bonds is 2. The zero-order valence-corrected chi connectivity index (χ0v) is 12.1. The summed E-state index contributed by atoms with van der Waals surface area (Å²) in [6.45, 7) is 4.27. The zero-order valence-electron chi connectivity index (χ0n) is 12.1. The minimum atomic E-state index is -0.243. The van der Waals surface area contributed by atoms with Gasteiger partial charge in [-0.2, -0.15) is 5.10 Å². The SMILES string of the molecule is CC1(C)C=CN(c2ccc(F)cc2)N=C1c1ccccc1. The minimum Gasteiger partial charge on any atom is -0.241 e. The average molecular weight is 280 g/mol. The number of hydrogen-bond acceptors (Lipinski definition) is 2. The number of hydrazone groups is 1. The van der Waals surface area contributed by atoms with Crippen molar-refractivity contribution < 1.29 is 4.39 Å². The molecule has 2 nitrogen and oxygen atoms in total. The molecule has 0 radical (unpaired) electrons. The van der Waals surface area contributed by atoms with Gasteiger partial charge in [0.2, 0.25) is 0 Å². The Bertz CT molecular complexity index is 685. The van der Waals surface area contributed by atoms with E-state index in [1.165, 1.54) is 12.1 Å². The Balaban J connectivity index is 2.02. The summed E-state index contributed by atoms with van der Waals surface area (Å²) < 4.78 is 13.0. The van der Waals surface area contributed by atoms with E-state index in [1.54, 1.807) is 17.1 Å². The van der Waals surface area contributed by atoms with E-state index in [0.717, 1.165) is 17.0 Å². The van der Waals surface area contributed by atoms with Gasteiger partial charge in [0.25, 0.3) is 0 Å². The van der Waals surface area contributed by atoms with E-state index in [4.69, 9.17) is 5.10 Å². The Kier molecular flexibility index (Phi) is 3.34. The Labute approximate surface area is 124 Å². The van der Waals surface area contributed by atoms with E-state index < -0.39 is 0 Å². The highest BCUT2D eigenvalue weighted by molar-refractivity contribution is 6.06. The van der Waals surface area contributed by atoms with Gasteiger partial charge in [0.1, 0.15) is 5.82 Å². The van der Waals surface area contributed by atoms with Crippen molar-refractivity contribution in [1.82, 2.24) is 0 Å². The molecule has 106 valence electrons. The summed E-state index contributed by atoms with van der Waals surface area (Å²) in [5, 5.41) is 6.53. The number of benzene rings is 2. The molecule has 1 aliphatic heterocycles. The van der Waals surface area contributed by atoms with Crippen molar-refractivity contribution in [2.45, 2.75) is 13.8 Å². The van der Waals surface area contributed by atoms with Gasteiger partial charge in [-0.1, -0.05) is 50.3 Å². The average Bonchev–Trinajstić information content (AvgIpc) is 2.49. The number of anilines is 1. The van der Waals surface area contributed by atoms with Gasteiger partial charge in [-0.15, -0.1) is 0 Å². The number of allylic oxidation sites excluding steroid dienone is 1. The standard InChI is InChI=1S/C18H17FN2/c1-18(2)12-13-21(16-10-8-15(19)9-11-16)20-17(18)14-6-4-3-5-7-14/h3-13H,1-2H3. The fourth-order valence-electron chi connectivity index (χ4n) is 2.37. The second kappa shape index (κ2) is 5.17. The lowest BCUT2D eigenvalue weighted by Gasteiger charge is -2.31. The van der Waals surface area contributed by atoms with Crippen LogP contribution >= 0.6 is 0 Å². The monoisotopic (exact) mass is 280 g/mol. The topological polar surface area (TPSA) is 15.6 Å². The first-order valence-electron chi connectivity index (χ1n) is 6.95.